The number of hydrogen-bond donors (Lipinski definition) is 0. The molecule has 0 spiro atoms. The molecule has 0 aliphatic carbocycles. The number of rotatable bonds is 6. The van der Waals surface area contributed by atoms with Gasteiger partial charge in [0.25, 0.3) is 0 Å². The van der Waals surface area contributed by atoms with Gasteiger partial charge in [0.2, 0.25) is 0 Å². The van der Waals surface area contributed by atoms with E-state index in [1.807, 2.05) is 12.1 Å². The van der Waals surface area contributed by atoms with Crippen molar-refractivity contribution in [2.24, 2.45) is 0 Å². The maximum atomic E-state index is 13.5. The summed E-state index contributed by atoms with van der Waals surface area (Å²) in [6.45, 7) is 5.65. The van der Waals surface area contributed by atoms with Gasteiger partial charge >= 0.3 is 6.09 Å². The number of piperidine rings is 1. The summed E-state index contributed by atoms with van der Waals surface area (Å²) in [5, 5.41) is 0. The highest BCUT2D eigenvalue weighted by Crippen LogP contribution is 2.31. The molecule has 1 fully saturated rings. The molecule has 0 bridgehead atoms. The number of nitrogens with zero attached hydrogens (tertiary/aromatic N) is 1. The second kappa shape index (κ2) is 11.2. The van der Waals surface area contributed by atoms with Crippen LogP contribution in [0.4, 0.5) is 4.79 Å². The van der Waals surface area contributed by atoms with Gasteiger partial charge in [-0.2, -0.15) is 0 Å². The third-order valence-electron chi connectivity index (χ3n) is 5.45. The molecule has 0 aromatic heterocycles. The molecule has 2 aromatic carbocycles. The van der Waals surface area contributed by atoms with Gasteiger partial charge in [-0.05, 0) is 68.3 Å². The lowest BCUT2D eigenvalue weighted by Gasteiger charge is -2.32. The Morgan fingerprint density at radius 2 is 1.17 bits per heavy atom. The van der Waals surface area contributed by atoms with E-state index in [2.05, 4.69) is 0 Å². The van der Waals surface area contributed by atoms with Crippen molar-refractivity contribution >= 4 is 24.0 Å². The first-order chi connectivity index (χ1) is 17.1. The monoisotopic (exact) mass is 495 g/mol. The number of ketones is 1. The summed E-state index contributed by atoms with van der Waals surface area (Å²) in [4.78, 5) is 28.0. The molecule has 1 heterocycles. The molecule has 0 radical (unpaired) electrons. The van der Waals surface area contributed by atoms with Gasteiger partial charge in [0.15, 0.2) is 28.8 Å². The van der Waals surface area contributed by atoms with Crippen LogP contribution in [0, 0.1) is 0 Å². The lowest BCUT2D eigenvalue weighted by atomic mass is 9.94. The van der Waals surface area contributed by atoms with E-state index in [4.69, 9.17) is 23.7 Å². The standard InChI is InChI=1S/C28H33NO7/c1-28(2,3)36-27(31)29-16-20(12-18-8-10-22(32-4)24(14-18)34-6)26(30)21(17-29)13-19-9-11-23(33-5)25(15-19)35-7/h8-15H,16-17H2,1-7H3/b20-12+,21-13+. The molecule has 8 heteroatoms. The molecule has 0 N–H and O–H groups in total. The smallest absolute Gasteiger partial charge is 0.410 e. The van der Waals surface area contributed by atoms with Gasteiger partial charge in [0, 0.05) is 11.1 Å². The fourth-order valence-electron chi connectivity index (χ4n) is 3.78. The molecular weight excluding hydrogens is 462 g/mol. The van der Waals surface area contributed by atoms with Crippen LogP contribution in [-0.4, -0.2) is 63.9 Å². The van der Waals surface area contributed by atoms with E-state index in [1.165, 1.54) is 4.90 Å². The lowest BCUT2D eigenvalue weighted by molar-refractivity contribution is -0.113. The molecule has 1 amide bonds. The molecule has 3 rings (SSSR count). The SMILES string of the molecule is COc1ccc(/C=C2\CN(C(=O)OC(C)(C)C)C/C(=C\c3ccc(OC)c(OC)c3)C2=O)cc1OC. The van der Waals surface area contributed by atoms with Crippen LogP contribution in [0.2, 0.25) is 0 Å². The summed E-state index contributed by atoms with van der Waals surface area (Å²) >= 11 is 0. The van der Waals surface area contributed by atoms with E-state index in [-0.39, 0.29) is 18.9 Å². The van der Waals surface area contributed by atoms with Crippen LogP contribution >= 0.6 is 0 Å². The first kappa shape index (κ1) is 26.7. The zero-order chi connectivity index (χ0) is 26.5. The van der Waals surface area contributed by atoms with E-state index in [0.717, 1.165) is 11.1 Å². The van der Waals surface area contributed by atoms with Crippen LogP contribution in [0.1, 0.15) is 31.9 Å². The van der Waals surface area contributed by atoms with Crippen LogP contribution in [0.5, 0.6) is 23.0 Å². The van der Waals surface area contributed by atoms with Crippen molar-refractivity contribution < 1.29 is 33.3 Å². The summed E-state index contributed by atoms with van der Waals surface area (Å²) < 4.78 is 27.0. The summed E-state index contributed by atoms with van der Waals surface area (Å²) in [5.41, 5.74) is 1.72. The maximum Gasteiger partial charge on any atom is 0.410 e. The van der Waals surface area contributed by atoms with Crippen molar-refractivity contribution in [2.75, 3.05) is 41.5 Å². The van der Waals surface area contributed by atoms with E-state index in [1.54, 1.807) is 85.6 Å². The van der Waals surface area contributed by atoms with Crippen LogP contribution in [0.3, 0.4) is 0 Å². The van der Waals surface area contributed by atoms with Gasteiger partial charge in [0.05, 0.1) is 41.5 Å². The summed E-state index contributed by atoms with van der Waals surface area (Å²) in [5.74, 6) is 2.10. The van der Waals surface area contributed by atoms with Gasteiger partial charge in [-0.3, -0.25) is 9.69 Å². The molecule has 1 aliphatic heterocycles. The highest BCUT2D eigenvalue weighted by atomic mass is 16.6. The summed E-state index contributed by atoms with van der Waals surface area (Å²) in [7, 11) is 6.22. The van der Waals surface area contributed by atoms with Crippen LogP contribution < -0.4 is 18.9 Å². The Hall–Kier alpha value is -3.94. The van der Waals surface area contributed by atoms with Gasteiger partial charge < -0.3 is 23.7 Å². The number of methoxy groups -OCH3 is 4. The Morgan fingerprint density at radius 1 is 0.750 bits per heavy atom. The number of amides is 1. The van der Waals surface area contributed by atoms with E-state index in [0.29, 0.717) is 34.1 Å². The summed E-state index contributed by atoms with van der Waals surface area (Å²) in [6, 6.07) is 10.7. The zero-order valence-electron chi connectivity index (χ0n) is 21.8. The van der Waals surface area contributed by atoms with Gasteiger partial charge in [-0.1, -0.05) is 12.1 Å². The van der Waals surface area contributed by atoms with Crippen molar-refractivity contribution in [3.05, 3.63) is 58.7 Å². The number of ether oxygens (including phenoxy) is 5. The van der Waals surface area contributed by atoms with E-state index >= 15 is 0 Å². The van der Waals surface area contributed by atoms with Crippen molar-refractivity contribution in [2.45, 2.75) is 26.4 Å². The molecule has 2 aromatic rings. The number of Topliss-reactive ketones (excluding diaryl/α,β-unsaturated/α-hetero) is 1. The number of carbonyl (C=O) groups excluding carboxylic acids is 2. The Morgan fingerprint density at radius 3 is 1.53 bits per heavy atom. The third kappa shape index (κ3) is 6.38. The number of likely N-dealkylation sites (tertiary alicyclic amines) is 1. The molecule has 1 aliphatic rings. The molecule has 0 unspecified atom stereocenters. The molecule has 36 heavy (non-hydrogen) atoms. The maximum absolute atomic E-state index is 13.5. The molecule has 0 saturated carbocycles. The number of benzene rings is 2. The number of hydrogen-bond acceptors (Lipinski definition) is 7. The highest BCUT2D eigenvalue weighted by Gasteiger charge is 2.32. The topological polar surface area (TPSA) is 83.5 Å². The van der Waals surface area contributed by atoms with E-state index < -0.39 is 11.7 Å². The minimum Gasteiger partial charge on any atom is -0.493 e. The van der Waals surface area contributed by atoms with Crippen LogP contribution in [-0.2, 0) is 9.53 Å². The third-order valence-corrected chi connectivity index (χ3v) is 5.45. The minimum atomic E-state index is -0.668. The van der Waals surface area contributed by atoms with Crippen LogP contribution in [0.15, 0.2) is 47.5 Å². The second-order valence-corrected chi connectivity index (χ2v) is 9.23. The van der Waals surface area contributed by atoms with E-state index in [9.17, 15) is 9.59 Å². The average Bonchev–Trinajstić information content (AvgIpc) is 2.84. The average molecular weight is 496 g/mol. The molecule has 1 saturated heterocycles. The normalized spacial score (nSPS) is 16.2. The second-order valence-electron chi connectivity index (χ2n) is 9.23. The van der Waals surface area contributed by atoms with Gasteiger partial charge in [-0.15, -0.1) is 0 Å². The Kier molecular flexibility index (Phi) is 8.29. The molecule has 0 atom stereocenters. The molecular formula is C28H33NO7. The largest absolute Gasteiger partial charge is 0.493 e. The predicted molar refractivity (Wildman–Crippen MR) is 138 cm³/mol. The highest BCUT2D eigenvalue weighted by molar-refractivity contribution is 6.15. The Labute approximate surface area is 212 Å². The summed E-state index contributed by atoms with van der Waals surface area (Å²) in [6.07, 6.45) is 3.01. The zero-order valence-corrected chi connectivity index (χ0v) is 21.8. The van der Waals surface area contributed by atoms with Crippen molar-refractivity contribution in [1.29, 1.82) is 0 Å². The first-order valence-electron chi connectivity index (χ1n) is 11.5. The first-order valence-corrected chi connectivity index (χ1v) is 11.5. The van der Waals surface area contributed by atoms with Crippen molar-refractivity contribution in [3.63, 3.8) is 0 Å². The molecule has 8 nitrogen and oxygen atoms in total. The van der Waals surface area contributed by atoms with Gasteiger partial charge in [0.1, 0.15) is 5.60 Å². The van der Waals surface area contributed by atoms with Crippen molar-refractivity contribution in [3.8, 4) is 23.0 Å². The Balaban J connectivity index is 2.04. The Bertz CT molecular complexity index is 1110. The van der Waals surface area contributed by atoms with Crippen LogP contribution in [0.25, 0.3) is 12.2 Å². The molecule has 192 valence electrons. The fraction of sp³-hybridized carbons (Fsp3) is 0.357. The van der Waals surface area contributed by atoms with Crippen molar-refractivity contribution in [1.82, 2.24) is 4.90 Å². The predicted octanol–water partition coefficient (Wildman–Crippen LogP) is 5.01. The quantitative estimate of drug-likeness (QED) is 0.521. The van der Waals surface area contributed by atoms with Gasteiger partial charge in [-0.25, -0.2) is 4.79 Å². The fourth-order valence-corrected chi connectivity index (χ4v) is 3.78. The minimum absolute atomic E-state index is 0.116. The lowest BCUT2D eigenvalue weighted by Crippen LogP contribution is -2.44. The number of carbonyl (C=O) groups is 2.